The molecular weight excluding hydrogens is 561 g/mol. The van der Waals surface area contributed by atoms with Gasteiger partial charge in [-0.1, -0.05) is 13.3 Å². The minimum absolute atomic E-state index is 0.000680. The molecule has 14 nitrogen and oxygen atoms in total. The predicted octanol–water partition coefficient (Wildman–Crippen LogP) is 3.75. The number of fused-ring (bicyclic) bond motifs is 3. The van der Waals surface area contributed by atoms with Crippen LogP contribution in [-0.2, 0) is 14.3 Å². The molecule has 0 bridgehead atoms. The number of carbonyl (C=O) groups excluding carboxylic acids is 2. The maximum Gasteiger partial charge on any atom is 0.416 e. The molecule has 0 spiro atoms. The molecule has 43 heavy (non-hydrogen) atoms. The van der Waals surface area contributed by atoms with E-state index in [1.54, 1.807) is 20.9 Å². The Morgan fingerprint density at radius 3 is 2.60 bits per heavy atom. The molecule has 0 radical (unpaired) electrons. The maximum atomic E-state index is 15.0. The molecule has 0 saturated carbocycles. The largest absolute Gasteiger partial charge is 0.427 e. The number of rotatable bonds is 13. The van der Waals surface area contributed by atoms with E-state index in [2.05, 4.69) is 42.5 Å². The number of aromatic nitrogens is 5. The van der Waals surface area contributed by atoms with E-state index in [0.29, 0.717) is 52.3 Å². The number of halogens is 1. The number of aryl methyl sites for hydroxylation is 1. The van der Waals surface area contributed by atoms with Gasteiger partial charge in [0.05, 0.1) is 29.0 Å². The first-order valence-electron chi connectivity index (χ1n) is 13.8. The van der Waals surface area contributed by atoms with Gasteiger partial charge in [0.1, 0.15) is 29.1 Å². The van der Waals surface area contributed by atoms with Gasteiger partial charge < -0.3 is 35.6 Å². The van der Waals surface area contributed by atoms with Crippen LogP contribution in [0.15, 0.2) is 24.5 Å². The van der Waals surface area contributed by atoms with E-state index in [0.717, 1.165) is 17.7 Å². The number of likely N-dealkylation sites (N-methyl/N-ethyl adjacent to an activating group) is 1. The van der Waals surface area contributed by atoms with Gasteiger partial charge >= 0.3 is 18.1 Å². The third-order valence-corrected chi connectivity index (χ3v) is 6.72. The molecule has 0 aliphatic rings. The lowest BCUT2D eigenvalue weighted by molar-refractivity contribution is -0.153. The van der Waals surface area contributed by atoms with Crippen LogP contribution < -0.4 is 26.0 Å². The number of hydrogen-bond donors (Lipinski definition) is 4. The summed E-state index contributed by atoms with van der Waals surface area (Å²) in [5, 5.41) is 6.93. The Labute approximate surface area is 247 Å². The molecule has 4 aromatic rings. The van der Waals surface area contributed by atoms with Crippen molar-refractivity contribution in [1.82, 2.24) is 30.2 Å². The fourth-order valence-corrected chi connectivity index (χ4v) is 4.27. The summed E-state index contributed by atoms with van der Waals surface area (Å²) in [4.78, 5) is 46.3. The Hall–Kier alpha value is -4.63. The van der Waals surface area contributed by atoms with Crippen molar-refractivity contribution in [2.75, 3.05) is 37.6 Å². The number of H-pyrrole nitrogens is 1. The van der Waals surface area contributed by atoms with Gasteiger partial charge in [-0.3, -0.25) is 9.69 Å². The first-order chi connectivity index (χ1) is 20.6. The summed E-state index contributed by atoms with van der Waals surface area (Å²) in [5.41, 5.74) is 7.09. The number of carbonyl (C=O) groups is 2. The summed E-state index contributed by atoms with van der Waals surface area (Å²) in [6.07, 6.45) is 4.66. The van der Waals surface area contributed by atoms with Gasteiger partial charge in [-0.05, 0) is 45.9 Å². The average molecular weight is 598 g/mol. The monoisotopic (exact) mass is 597 g/mol. The van der Waals surface area contributed by atoms with Crippen molar-refractivity contribution in [1.29, 1.82) is 0 Å². The van der Waals surface area contributed by atoms with Crippen molar-refractivity contribution >= 4 is 45.5 Å². The molecule has 3 heterocycles. The molecule has 0 aliphatic carbocycles. The summed E-state index contributed by atoms with van der Waals surface area (Å²) in [7, 11) is 3.01. The number of aromatic amines is 1. The smallest absolute Gasteiger partial charge is 0.416 e. The highest BCUT2D eigenvalue weighted by molar-refractivity contribution is 6.15. The van der Waals surface area contributed by atoms with Crippen molar-refractivity contribution < 1.29 is 28.2 Å². The summed E-state index contributed by atoms with van der Waals surface area (Å²) in [5.74, 6) is 0.0934. The van der Waals surface area contributed by atoms with E-state index in [1.165, 1.54) is 31.6 Å². The maximum absolute atomic E-state index is 15.0. The summed E-state index contributed by atoms with van der Waals surface area (Å²) >= 11 is 0. The van der Waals surface area contributed by atoms with Crippen molar-refractivity contribution in [2.45, 2.75) is 52.1 Å². The van der Waals surface area contributed by atoms with Gasteiger partial charge in [0.2, 0.25) is 6.79 Å². The van der Waals surface area contributed by atoms with Gasteiger partial charge in [0.15, 0.2) is 5.75 Å². The first kappa shape index (κ1) is 31.3. The van der Waals surface area contributed by atoms with Crippen LogP contribution in [0.1, 0.15) is 38.9 Å². The lowest BCUT2D eigenvalue weighted by Crippen LogP contribution is -2.34. The summed E-state index contributed by atoms with van der Waals surface area (Å²) in [6, 6.07) is 1.93. The van der Waals surface area contributed by atoms with Gasteiger partial charge in [-0.2, -0.15) is 9.97 Å². The van der Waals surface area contributed by atoms with Gasteiger partial charge in [-0.25, -0.2) is 19.2 Å². The Kier molecular flexibility index (Phi) is 10.2. The van der Waals surface area contributed by atoms with Crippen LogP contribution in [0.5, 0.6) is 11.8 Å². The molecule has 3 aromatic heterocycles. The van der Waals surface area contributed by atoms with Crippen molar-refractivity contribution in [3.63, 3.8) is 0 Å². The third-order valence-electron chi connectivity index (χ3n) is 6.72. The van der Waals surface area contributed by atoms with Crippen LogP contribution in [0.2, 0.25) is 0 Å². The van der Waals surface area contributed by atoms with Crippen LogP contribution >= 0.6 is 0 Å². The topological polar surface area (TPSA) is 182 Å². The second-order valence-electron chi connectivity index (χ2n) is 9.94. The fraction of sp³-hybridized carbons (Fsp3) is 0.429. The summed E-state index contributed by atoms with van der Waals surface area (Å²) < 4.78 is 30.9. The number of esters is 1. The normalized spacial score (nSPS) is 12.6. The number of ether oxygens (including phenoxy) is 3. The van der Waals surface area contributed by atoms with Gasteiger partial charge in [0.25, 0.3) is 0 Å². The van der Waals surface area contributed by atoms with Crippen molar-refractivity contribution in [3.8, 4) is 11.8 Å². The molecule has 0 saturated heterocycles. The zero-order valence-corrected chi connectivity index (χ0v) is 24.7. The average Bonchev–Trinajstić information content (AvgIpc) is 3.35. The number of benzene rings is 1. The number of nitrogens with two attached hydrogens (primary N) is 1. The zero-order valence-electron chi connectivity index (χ0n) is 24.7. The van der Waals surface area contributed by atoms with Crippen LogP contribution in [0.3, 0.4) is 0 Å². The van der Waals surface area contributed by atoms with Crippen LogP contribution in [-0.4, -0.2) is 76.5 Å². The van der Waals surface area contributed by atoms with Crippen molar-refractivity contribution in [2.24, 2.45) is 5.73 Å². The number of hydrogen-bond acceptors (Lipinski definition) is 12. The number of nitrogens with one attached hydrogen (secondary N) is 3. The quantitative estimate of drug-likeness (QED) is 0.130. The number of amides is 1. The number of nitrogens with zero attached hydrogens (tertiary/aromatic N) is 5. The van der Waals surface area contributed by atoms with Crippen LogP contribution in [0.25, 0.3) is 21.9 Å². The van der Waals surface area contributed by atoms with E-state index in [4.69, 9.17) is 19.9 Å². The van der Waals surface area contributed by atoms with Crippen LogP contribution in [0.4, 0.5) is 20.7 Å². The van der Waals surface area contributed by atoms with Gasteiger partial charge in [-0.15, -0.1) is 0 Å². The standard InChI is InChI=1S/C28H36FN9O5/c1-6-7-18(30)8-9-32-24-22-20-10-17(29)11-21(38(5)28(40)42-14-41-26(39)15(2)31-4)23(20)35-25(22)37-27(36-24)43-19-12-33-16(3)34-13-19/h10-13,15,18,31H,6-9,14,30H2,1-5H3,(H2,32,35,36,37). The zero-order chi connectivity index (χ0) is 31.1. The van der Waals surface area contributed by atoms with Gasteiger partial charge in [0, 0.05) is 25.0 Å². The fourth-order valence-electron chi connectivity index (χ4n) is 4.27. The molecule has 0 aliphatic heterocycles. The lowest BCUT2D eigenvalue weighted by Gasteiger charge is -2.18. The third kappa shape index (κ3) is 7.61. The minimum atomic E-state index is -0.867. The molecule has 1 amide bonds. The SMILES string of the molecule is CCCC(N)CCNc1nc(Oc2cnc(C)nc2)nc2[nH]c3c(N(C)C(=O)OCOC(=O)C(C)NC)cc(F)cc3c12. The Morgan fingerprint density at radius 1 is 1.16 bits per heavy atom. The van der Waals surface area contributed by atoms with Crippen molar-refractivity contribution in [3.05, 3.63) is 36.2 Å². The molecule has 2 unspecified atom stereocenters. The van der Waals surface area contributed by atoms with E-state index in [9.17, 15) is 9.59 Å². The van der Waals surface area contributed by atoms with E-state index in [1.807, 2.05) is 0 Å². The molecular formula is C28H36FN9O5. The second kappa shape index (κ2) is 14.0. The second-order valence-corrected chi connectivity index (χ2v) is 9.94. The summed E-state index contributed by atoms with van der Waals surface area (Å²) in [6.45, 7) is 5.31. The highest BCUT2D eigenvalue weighted by Gasteiger charge is 2.23. The predicted molar refractivity (Wildman–Crippen MR) is 159 cm³/mol. The highest BCUT2D eigenvalue weighted by Crippen LogP contribution is 2.37. The van der Waals surface area contributed by atoms with Crippen LogP contribution in [0, 0.1) is 12.7 Å². The molecule has 15 heteroatoms. The molecule has 4 rings (SSSR count). The van der Waals surface area contributed by atoms with E-state index < -0.39 is 30.7 Å². The number of anilines is 2. The molecule has 0 fully saturated rings. The Bertz CT molecular complexity index is 1580. The molecule has 5 N–H and O–H groups in total. The van der Waals surface area contributed by atoms with E-state index in [-0.39, 0.29) is 17.7 Å². The lowest BCUT2D eigenvalue weighted by atomic mass is 10.1. The highest BCUT2D eigenvalue weighted by atomic mass is 19.1. The Morgan fingerprint density at radius 2 is 1.91 bits per heavy atom. The Balaban J connectivity index is 1.69. The molecule has 1 aromatic carbocycles. The molecule has 230 valence electrons. The molecule has 2 atom stereocenters. The first-order valence-corrected chi connectivity index (χ1v) is 13.8. The van der Waals surface area contributed by atoms with E-state index >= 15 is 4.39 Å². The minimum Gasteiger partial charge on any atom is -0.427 e.